The van der Waals surface area contributed by atoms with E-state index in [0.717, 1.165) is 22.9 Å². The molecule has 0 amide bonds. The monoisotopic (exact) mass is 534 g/mol. The van der Waals surface area contributed by atoms with Gasteiger partial charge in [0, 0.05) is 23.8 Å². The molecule has 0 radical (unpaired) electrons. The summed E-state index contributed by atoms with van der Waals surface area (Å²) in [5.74, 6) is 2.12. The van der Waals surface area contributed by atoms with E-state index in [9.17, 15) is 8.42 Å². The molecular weight excluding hydrogens is 492 g/mol. The van der Waals surface area contributed by atoms with Gasteiger partial charge in [-0.15, -0.1) is 0 Å². The molecule has 0 atom stereocenters. The Labute approximate surface area is 223 Å². The molecule has 0 N–H and O–H groups in total. The number of hydrogen-bond acceptors (Lipinski definition) is 6. The van der Waals surface area contributed by atoms with Crippen LogP contribution in [0.5, 0.6) is 0 Å². The van der Waals surface area contributed by atoms with Gasteiger partial charge in [0.2, 0.25) is 0 Å². The van der Waals surface area contributed by atoms with Crippen molar-refractivity contribution >= 4 is 21.4 Å². The lowest BCUT2D eigenvalue weighted by Gasteiger charge is -2.06. The summed E-state index contributed by atoms with van der Waals surface area (Å²) in [5.41, 5.74) is 3.15. The van der Waals surface area contributed by atoms with Gasteiger partial charge in [0.1, 0.15) is 17.8 Å². The molecule has 36 heavy (non-hydrogen) atoms. The van der Waals surface area contributed by atoms with Crippen LogP contribution in [0.25, 0.3) is 0 Å². The average molecular weight is 535 g/mol. The van der Waals surface area contributed by atoms with Crippen LogP contribution in [-0.4, -0.2) is 34.6 Å². The van der Waals surface area contributed by atoms with E-state index >= 15 is 0 Å². The van der Waals surface area contributed by atoms with Gasteiger partial charge >= 0.3 is 0 Å². The summed E-state index contributed by atoms with van der Waals surface area (Å²) in [6, 6.07) is 10.8. The summed E-state index contributed by atoms with van der Waals surface area (Å²) in [4.78, 5) is 16.1. The van der Waals surface area contributed by atoms with E-state index < -0.39 is 9.84 Å². The SMILES string of the molecule is CC(C)C.CC(C)c1cc(Cl)ncn1.CC(C)c1cccc(S(C)(=O)=O)c1.CC(C)c1ccncn1. The van der Waals surface area contributed by atoms with Gasteiger partial charge in [-0.1, -0.05) is 86.0 Å². The fourth-order valence-corrected chi connectivity index (χ4v) is 3.24. The Morgan fingerprint density at radius 2 is 1.28 bits per heavy atom. The largest absolute Gasteiger partial charge is 0.245 e. The molecule has 2 heterocycles. The van der Waals surface area contributed by atoms with Crippen LogP contribution in [0.1, 0.15) is 97.0 Å². The van der Waals surface area contributed by atoms with Gasteiger partial charge in [0.25, 0.3) is 0 Å². The summed E-state index contributed by atoms with van der Waals surface area (Å²) < 4.78 is 22.4. The van der Waals surface area contributed by atoms with Crippen molar-refractivity contribution in [1.82, 2.24) is 19.9 Å². The number of aromatic nitrogens is 4. The fourth-order valence-electron chi connectivity index (χ4n) is 2.41. The van der Waals surface area contributed by atoms with Crippen molar-refractivity contribution in [1.29, 1.82) is 0 Å². The summed E-state index contributed by atoms with van der Waals surface area (Å²) >= 11 is 5.64. The van der Waals surface area contributed by atoms with E-state index in [0.29, 0.717) is 27.8 Å². The van der Waals surface area contributed by atoms with E-state index in [4.69, 9.17) is 11.6 Å². The molecule has 200 valence electrons. The molecule has 0 fully saturated rings. The van der Waals surface area contributed by atoms with Crippen LogP contribution in [0.3, 0.4) is 0 Å². The second-order valence-electron chi connectivity index (χ2n) is 9.94. The Kier molecular flexibility index (Phi) is 16.0. The molecule has 0 saturated carbocycles. The van der Waals surface area contributed by atoms with Gasteiger partial charge in [0.05, 0.1) is 4.90 Å². The standard InChI is InChI=1S/C10H14O2S.C7H9ClN2.C7H10N2.C4H10/c1-8(2)9-5-4-6-10(7-9)13(3,11)12;1-5(2)6-3-7(8)10-4-9-6;1-6(2)7-3-4-8-5-9-7;1-4(2)3/h4-8H,1-3H3;3-5H,1-2H3;3-6H,1-2H3;4H,1-3H3. The second kappa shape index (κ2) is 17.1. The quantitative estimate of drug-likeness (QED) is 0.318. The first-order valence-electron chi connectivity index (χ1n) is 12.2. The van der Waals surface area contributed by atoms with E-state index in [1.165, 1.54) is 12.6 Å². The molecule has 0 spiro atoms. The summed E-state index contributed by atoms with van der Waals surface area (Å²) in [7, 11) is -3.06. The Balaban J connectivity index is 0.000000482. The van der Waals surface area contributed by atoms with E-state index in [1.54, 1.807) is 36.8 Å². The van der Waals surface area contributed by atoms with Gasteiger partial charge in [-0.2, -0.15) is 0 Å². The van der Waals surface area contributed by atoms with Gasteiger partial charge in [-0.3, -0.25) is 0 Å². The normalized spacial score (nSPS) is 10.8. The van der Waals surface area contributed by atoms with Crippen LogP contribution in [0.2, 0.25) is 5.15 Å². The van der Waals surface area contributed by atoms with Crippen molar-refractivity contribution in [2.75, 3.05) is 6.26 Å². The van der Waals surface area contributed by atoms with Crippen LogP contribution in [-0.2, 0) is 9.84 Å². The lowest BCUT2D eigenvalue weighted by molar-refractivity contribution is 0.601. The minimum absolute atomic E-state index is 0.363. The highest BCUT2D eigenvalue weighted by Gasteiger charge is 2.08. The van der Waals surface area contributed by atoms with Crippen LogP contribution in [0.15, 0.2) is 60.1 Å². The fraction of sp³-hybridized carbons (Fsp3) is 0.500. The van der Waals surface area contributed by atoms with Gasteiger partial charge < -0.3 is 0 Å². The summed E-state index contributed by atoms with van der Waals surface area (Å²) in [5, 5.41) is 0.513. The highest BCUT2D eigenvalue weighted by Crippen LogP contribution is 2.18. The zero-order valence-corrected chi connectivity index (χ0v) is 25.0. The Hall–Kier alpha value is -2.38. The van der Waals surface area contributed by atoms with Gasteiger partial charge in [-0.05, 0) is 53.5 Å². The molecule has 8 heteroatoms. The molecule has 0 aliphatic heterocycles. The van der Waals surface area contributed by atoms with Crippen molar-refractivity contribution in [3.8, 4) is 0 Å². The summed E-state index contributed by atoms with van der Waals surface area (Å²) in [6.45, 7) is 18.9. The summed E-state index contributed by atoms with van der Waals surface area (Å²) in [6.07, 6.45) is 6.06. The maximum Gasteiger partial charge on any atom is 0.175 e. The first-order valence-corrected chi connectivity index (χ1v) is 14.4. The van der Waals surface area contributed by atoms with Crippen molar-refractivity contribution in [2.24, 2.45) is 5.92 Å². The van der Waals surface area contributed by atoms with Crippen molar-refractivity contribution in [3.63, 3.8) is 0 Å². The van der Waals surface area contributed by atoms with Crippen LogP contribution < -0.4 is 0 Å². The number of rotatable bonds is 4. The second-order valence-corrected chi connectivity index (χ2v) is 12.3. The zero-order chi connectivity index (χ0) is 27.9. The number of hydrogen-bond donors (Lipinski definition) is 0. The number of halogens is 1. The van der Waals surface area contributed by atoms with E-state index in [-0.39, 0.29) is 0 Å². The van der Waals surface area contributed by atoms with Gasteiger partial charge in [0.15, 0.2) is 9.84 Å². The number of sulfone groups is 1. The topological polar surface area (TPSA) is 85.7 Å². The third kappa shape index (κ3) is 15.6. The van der Waals surface area contributed by atoms with Crippen molar-refractivity contribution in [3.05, 3.63) is 77.4 Å². The Morgan fingerprint density at radius 3 is 1.64 bits per heavy atom. The molecule has 3 rings (SSSR count). The van der Waals surface area contributed by atoms with E-state index in [2.05, 4.69) is 68.4 Å². The predicted molar refractivity (Wildman–Crippen MR) is 151 cm³/mol. The minimum Gasteiger partial charge on any atom is -0.245 e. The molecule has 0 saturated heterocycles. The highest BCUT2D eigenvalue weighted by molar-refractivity contribution is 7.90. The van der Waals surface area contributed by atoms with Gasteiger partial charge in [-0.25, -0.2) is 28.4 Å². The highest BCUT2D eigenvalue weighted by atomic mass is 35.5. The van der Waals surface area contributed by atoms with Crippen LogP contribution >= 0.6 is 11.6 Å². The Bertz CT molecular complexity index is 1100. The first-order chi connectivity index (χ1) is 16.6. The zero-order valence-electron chi connectivity index (χ0n) is 23.4. The maximum atomic E-state index is 11.2. The molecule has 6 nitrogen and oxygen atoms in total. The van der Waals surface area contributed by atoms with Crippen molar-refractivity contribution < 1.29 is 8.42 Å². The molecule has 0 aliphatic carbocycles. The van der Waals surface area contributed by atoms with Crippen LogP contribution in [0, 0.1) is 5.92 Å². The lowest BCUT2D eigenvalue weighted by atomic mass is 10.0. The minimum atomic E-state index is -3.06. The smallest absolute Gasteiger partial charge is 0.175 e. The molecule has 0 aliphatic rings. The first kappa shape index (κ1) is 33.6. The number of nitrogens with zero attached hydrogens (tertiary/aromatic N) is 4. The maximum absolute atomic E-state index is 11.2. The average Bonchev–Trinajstić information content (AvgIpc) is 2.79. The van der Waals surface area contributed by atoms with Crippen LogP contribution in [0.4, 0.5) is 0 Å². The molecular formula is C28H43ClN4O2S. The molecule has 1 aromatic carbocycles. The van der Waals surface area contributed by atoms with Crippen molar-refractivity contribution in [2.45, 2.75) is 85.0 Å². The third-order valence-corrected chi connectivity index (χ3v) is 5.71. The third-order valence-electron chi connectivity index (χ3n) is 4.40. The Morgan fingerprint density at radius 1 is 0.722 bits per heavy atom. The lowest BCUT2D eigenvalue weighted by Crippen LogP contribution is -1.98. The molecule has 3 aromatic rings. The predicted octanol–water partition coefficient (Wildman–Crippen LogP) is 7.73. The van der Waals surface area contributed by atoms with E-state index in [1.807, 2.05) is 26.0 Å². The number of benzene rings is 1. The molecule has 0 bridgehead atoms. The molecule has 0 unspecified atom stereocenters. The molecule has 2 aromatic heterocycles.